The van der Waals surface area contributed by atoms with E-state index in [0.717, 1.165) is 5.56 Å². The van der Waals surface area contributed by atoms with Crippen molar-refractivity contribution in [2.45, 2.75) is 19.4 Å². The number of carbonyl (C=O) groups excluding carboxylic acids is 3. The molecule has 0 aromatic heterocycles. The van der Waals surface area contributed by atoms with Gasteiger partial charge in [0.2, 0.25) is 5.91 Å². The maximum absolute atomic E-state index is 12.5. The molecular formula is C19H20N2O5. The minimum absolute atomic E-state index is 0.189. The zero-order valence-corrected chi connectivity index (χ0v) is 14.5. The first-order valence-electron chi connectivity index (χ1n) is 7.91. The van der Waals surface area contributed by atoms with Crippen molar-refractivity contribution in [3.63, 3.8) is 0 Å². The molecule has 0 saturated heterocycles. The van der Waals surface area contributed by atoms with Crippen molar-refractivity contribution in [3.05, 3.63) is 59.7 Å². The fourth-order valence-electron chi connectivity index (χ4n) is 2.42. The van der Waals surface area contributed by atoms with Crippen LogP contribution in [0.3, 0.4) is 0 Å². The maximum atomic E-state index is 12.5. The summed E-state index contributed by atoms with van der Waals surface area (Å²) in [7, 11) is 1.53. The number of rotatable bonds is 7. The van der Waals surface area contributed by atoms with Crippen LogP contribution in [0.1, 0.15) is 22.8 Å². The largest absolute Gasteiger partial charge is 0.496 e. The first kappa shape index (κ1) is 19.0. The van der Waals surface area contributed by atoms with Gasteiger partial charge < -0.3 is 20.5 Å². The summed E-state index contributed by atoms with van der Waals surface area (Å²) in [5.74, 6) is -0.817. The van der Waals surface area contributed by atoms with Gasteiger partial charge in [-0.15, -0.1) is 0 Å². The van der Waals surface area contributed by atoms with E-state index < -0.39 is 23.8 Å². The third-order valence-electron chi connectivity index (χ3n) is 3.62. The number of ether oxygens (including phenoxy) is 2. The van der Waals surface area contributed by atoms with Crippen molar-refractivity contribution in [1.82, 2.24) is 5.32 Å². The second-order valence-corrected chi connectivity index (χ2v) is 5.57. The van der Waals surface area contributed by atoms with Crippen LogP contribution >= 0.6 is 0 Å². The van der Waals surface area contributed by atoms with Crippen LogP contribution in [0.25, 0.3) is 0 Å². The highest BCUT2D eigenvalue weighted by atomic mass is 16.5. The van der Waals surface area contributed by atoms with E-state index in [1.807, 2.05) is 0 Å². The summed E-state index contributed by atoms with van der Waals surface area (Å²) in [4.78, 5) is 35.3. The average molecular weight is 356 g/mol. The van der Waals surface area contributed by atoms with E-state index in [1.165, 1.54) is 20.1 Å². The van der Waals surface area contributed by atoms with E-state index in [4.69, 9.17) is 15.2 Å². The summed E-state index contributed by atoms with van der Waals surface area (Å²) in [5.41, 5.74) is 6.42. The number of esters is 1. The molecule has 0 heterocycles. The van der Waals surface area contributed by atoms with Gasteiger partial charge in [0, 0.05) is 18.9 Å². The second kappa shape index (κ2) is 8.66. The van der Waals surface area contributed by atoms with Gasteiger partial charge in [-0.25, -0.2) is 0 Å². The number of carbonyl (C=O) groups is 3. The summed E-state index contributed by atoms with van der Waals surface area (Å²) >= 11 is 0. The topological polar surface area (TPSA) is 108 Å². The Balaban J connectivity index is 2.16. The Morgan fingerprint density at radius 1 is 1.12 bits per heavy atom. The molecule has 0 saturated carbocycles. The molecule has 2 amide bonds. The lowest BCUT2D eigenvalue weighted by atomic mass is 10.0. The molecule has 2 aromatic carbocycles. The van der Waals surface area contributed by atoms with Crippen molar-refractivity contribution < 1.29 is 23.9 Å². The quantitative estimate of drug-likeness (QED) is 0.577. The molecular weight excluding hydrogens is 336 g/mol. The SMILES string of the molecule is COc1ccccc1C[C@H](NC(=O)c1cccc(OC(C)=O)c1)C(N)=O. The van der Waals surface area contributed by atoms with Crippen LogP contribution < -0.4 is 20.5 Å². The van der Waals surface area contributed by atoms with Crippen LogP contribution in [-0.4, -0.2) is 30.9 Å². The summed E-state index contributed by atoms with van der Waals surface area (Å²) in [5, 5.41) is 2.60. The molecule has 0 spiro atoms. The van der Waals surface area contributed by atoms with Crippen LogP contribution in [-0.2, 0) is 16.0 Å². The van der Waals surface area contributed by atoms with Crippen molar-refractivity contribution in [2.75, 3.05) is 7.11 Å². The monoisotopic (exact) mass is 356 g/mol. The van der Waals surface area contributed by atoms with Gasteiger partial charge in [-0.2, -0.15) is 0 Å². The van der Waals surface area contributed by atoms with E-state index in [9.17, 15) is 14.4 Å². The number of benzene rings is 2. The van der Waals surface area contributed by atoms with Crippen LogP contribution in [0.5, 0.6) is 11.5 Å². The number of methoxy groups -OCH3 is 1. The minimum atomic E-state index is -0.920. The lowest BCUT2D eigenvalue weighted by Crippen LogP contribution is -2.45. The highest BCUT2D eigenvalue weighted by molar-refractivity contribution is 5.97. The van der Waals surface area contributed by atoms with Gasteiger partial charge >= 0.3 is 5.97 Å². The molecule has 2 rings (SSSR count). The van der Waals surface area contributed by atoms with Gasteiger partial charge in [0.05, 0.1) is 7.11 Å². The third-order valence-corrected chi connectivity index (χ3v) is 3.62. The zero-order chi connectivity index (χ0) is 19.1. The highest BCUT2D eigenvalue weighted by Crippen LogP contribution is 2.19. The van der Waals surface area contributed by atoms with Crippen molar-refractivity contribution in [1.29, 1.82) is 0 Å². The summed E-state index contributed by atoms with van der Waals surface area (Å²) in [6.45, 7) is 1.27. The molecule has 0 fully saturated rings. The third kappa shape index (κ3) is 5.07. The Morgan fingerprint density at radius 2 is 1.85 bits per heavy atom. The Bertz CT molecular complexity index is 819. The second-order valence-electron chi connectivity index (χ2n) is 5.57. The van der Waals surface area contributed by atoms with Crippen LogP contribution in [0.15, 0.2) is 48.5 Å². The van der Waals surface area contributed by atoms with Gasteiger partial charge in [-0.3, -0.25) is 14.4 Å². The molecule has 0 aliphatic carbocycles. The first-order chi connectivity index (χ1) is 12.4. The van der Waals surface area contributed by atoms with E-state index in [2.05, 4.69) is 5.32 Å². The molecule has 3 N–H and O–H groups in total. The van der Waals surface area contributed by atoms with Crippen LogP contribution in [0.2, 0.25) is 0 Å². The van der Waals surface area contributed by atoms with Gasteiger partial charge in [-0.05, 0) is 29.8 Å². The zero-order valence-electron chi connectivity index (χ0n) is 14.5. The number of nitrogens with one attached hydrogen (secondary N) is 1. The predicted molar refractivity (Wildman–Crippen MR) is 94.9 cm³/mol. The number of primary amides is 1. The van der Waals surface area contributed by atoms with Crippen molar-refractivity contribution in [3.8, 4) is 11.5 Å². The molecule has 0 aliphatic rings. The van der Waals surface area contributed by atoms with E-state index in [0.29, 0.717) is 5.75 Å². The Kier molecular flexibility index (Phi) is 6.32. The van der Waals surface area contributed by atoms with Gasteiger partial charge in [-0.1, -0.05) is 24.3 Å². The number of hydrogen-bond donors (Lipinski definition) is 2. The number of nitrogens with two attached hydrogens (primary N) is 1. The Morgan fingerprint density at radius 3 is 2.50 bits per heavy atom. The minimum Gasteiger partial charge on any atom is -0.496 e. The summed E-state index contributed by atoms with van der Waals surface area (Å²) in [6, 6.07) is 12.3. The Hall–Kier alpha value is -3.35. The summed E-state index contributed by atoms with van der Waals surface area (Å²) in [6.07, 6.45) is 0.189. The van der Waals surface area contributed by atoms with Crippen LogP contribution in [0.4, 0.5) is 0 Å². The summed E-state index contributed by atoms with van der Waals surface area (Å²) < 4.78 is 10.2. The molecule has 0 bridgehead atoms. The first-order valence-corrected chi connectivity index (χ1v) is 7.91. The Labute approximate surface area is 151 Å². The average Bonchev–Trinajstić information content (AvgIpc) is 2.61. The molecule has 7 nitrogen and oxygen atoms in total. The molecule has 0 unspecified atom stereocenters. The normalized spacial score (nSPS) is 11.3. The highest BCUT2D eigenvalue weighted by Gasteiger charge is 2.21. The van der Waals surface area contributed by atoms with Gasteiger partial charge in [0.1, 0.15) is 17.5 Å². The maximum Gasteiger partial charge on any atom is 0.308 e. The van der Waals surface area contributed by atoms with Gasteiger partial charge in [0.25, 0.3) is 5.91 Å². The fraction of sp³-hybridized carbons (Fsp3) is 0.211. The van der Waals surface area contributed by atoms with E-state index in [-0.39, 0.29) is 17.7 Å². The molecule has 0 radical (unpaired) electrons. The van der Waals surface area contributed by atoms with Crippen LogP contribution in [0, 0.1) is 0 Å². The van der Waals surface area contributed by atoms with E-state index >= 15 is 0 Å². The van der Waals surface area contributed by atoms with Gasteiger partial charge in [0.15, 0.2) is 0 Å². The standard InChI is InChI=1S/C19H20N2O5/c1-12(22)26-15-8-5-7-14(10-15)19(24)21-16(18(20)23)11-13-6-3-4-9-17(13)25-2/h3-10,16H,11H2,1-2H3,(H2,20,23)(H,21,24)/t16-/m0/s1. The molecule has 2 aromatic rings. The molecule has 136 valence electrons. The number of para-hydroxylation sites is 1. The van der Waals surface area contributed by atoms with Crippen molar-refractivity contribution in [2.24, 2.45) is 5.73 Å². The molecule has 1 atom stereocenters. The smallest absolute Gasteiger partial charge is 0.308 e. The molecule has 0 aliphatic heterocycles. The number of hydrogen-bond acceptors (Lipinski definition) is 5. The molecule has 26 heavy (non-hydrogen) atoms. The molecule has 7 heteroatoms. The number of amides is 2. The van der Waals surface area contributed by atoms with Crippen molar-refractivity contribution >= 4 is 17.8 Å². The lowest BCUT2D eigenvalue weighted by Gasteiger charge is -2.17. The fourth-order valence-corrected chi connectivity index (χ4v) is 2.42. The van der Waals surface area contributed by atoms with E-state index in [1.54, 1.807) is 42.5 Å². The predicted octanol–water partition coefficient (Wildman–Crippen LogP) is 1.45. The lowest BCUT2D eigenvalue weighted by molar-refractivity contribution is -0.131.